The summed E-state index contributed by atoms with van der Waals surface area (Å²) in [5.41, 5.74) is 0.847. The fourth-order valence-corrected chi connectivity index (χ4v) is 3.03. The highest BCUT2D eigenvalue weighted by atomic mass is 16.5. The first-order valence-electron chi connectivity index (χ1n) is 8.67. The summed E-state index contributed by atoms with van der Waals surface area (Å²) in [5, 5.41) is 16.5. The molecule has 0 radical (unpaired) electrons. The molecule has 1 aliphatic heterocycles. The first-order valence-corrected chi connectivity index (χ1v) is 8.67. The van der Waals surface area contributed by atoms with Gasteiger partial charge in [-0.1, -0.05) is 23.4 Å². The Morgan fingerprint density at radius 1 is 1.28 bits per heavy atom. The Kier molecular flexibility index (Phi) is 5.33. The molecule has 2 heterocycles. The summed E-state index contributed by atoms with van der Waals surface area (Å²) in [7, 11) is 0. The number of hydrogen-bond acceptors (Lipinski definition) is 5. The van der Waals surface area contributed by atoms with Gasteiger partial charge in [0.15, 0.2) is 5.82 Å². The van der Waals surface area contributed by atoms with Crippen LogP contribution in [0.2, 0.25) is 0 Å². The number of nitrogens with one attached hydrogen (secondary N) is 1. The molecule has 7 nitrogen and oxygen atoms in total. The van der Waals surface area contributed by atoms with Gasteiger partial charge in [0, 0.05) is 18.7 Å². The molecule has 1 saturated heterocycles. The average Bonchev–Trinajstić information content (AvgIpc) is 3.13. The van der Waals surface area contributed by atoms with Crippen LogP contribution >= 0.6 is 0 Å². The number of piperidine rings is 1. The van der Waals surface area contributed by atoms with E-state index in [4.69, 9.17) is 4.52 Å². The van der Waals surface area contributed by atoms with Gasteiger partial charge in [-0.2, -0.15) is 4.98 Å². The van der Waals surface area contributed by atoms with Crippen molar-refractivity contribution in [2.75, 3.05) is 13.1 Å². The molecular formula is C18H24N4O3. The Hall–Kier alpha value is -2.41. The van der Waals surface area contributed by atoms with Gasteiger partial charge in [-0.05, 0) is 44.7 Å². The van der Waals surface area contributed by atoms with E-state index in [0.29, 0.717) is 24.8 Å². The van der Waals surface area contributed by atoms with Crippen LogP contribution in [0.4, 0.5) is 4.79 Å². The van der Waals surface area contributed by atoms with Crippen molar-refractivity contribution in [1.29, 1.82) is 0 Å². The molecule has 3 rings (SSSR count). The maximum atomic E-state index is 12.4. The number of rotatable bonds is 4. The van der Waals surface area contributed by atoms with Gasteiger partial charge in [-0.15, -0.1) is 0 Å². The minimum Gasteiger partial charge on any atom is -0.393 e. The van der Waals surface area contributed by atoms with Gasteiger partial charge >= 0.3 is 6.03 Å². The maximum Gasteiger partial charge on any atom is 0.317 e. The monoisotopic (exact) mass is 344 g/mol. The quantitative estimate of drug-likeness (QED) is 0.889. The van der Waals surface area contributed by atoms with E-state index in [1.54, 1.807) is 4.90 Å². The third kappa shape index (κ3) is 4.17. The molecule has 0 aliphatic carbocycles. The zero-order valence-corrected chi connectivity index (χ0v) is 14.6. The summed E-state index contributed by atoms with van der Waals surface area (Å²) in [6.07, 6.45) is 1.32. The van der Waals surface area contributed by atoms with Crippen molar-refractivity contribution in [2.24, 2.45) is 5.92 Å². The van der Waals surface area contributed by atoms with Crippen molar-refractivity contribution < 1.29 is 14.4 Å². The number of benzene rings is 1. The molecule has 25 heavy (non-hydrogen) atoms. The molecule has 0 bridgehead atoms. The van der Waals surface area contributed by atoms with Crippen molar-refractivity contribution in [3.63, 3.8) is 0 Å². The lowest BCUT2D eigenvalue weighted by atomic mass is 9.92. The molecule has 1 fully saturated rings. The van der Waals surface area contributed by atoms with Crippen LogP contribution in [0.25, 0.3) is 11.5 Å². The van der Waals surface area contributed by atoms with Crippen molar-refractivity contribution in [1.82, 2.24) is 20.4 Å². The molecule has 1 aromatic carbocycles. The van der Waals surface area contributed by atoms with Crippen LogP contribution in [-0.2, 0) is 0 Å². The van der Waals surface area contributed by atoms with Crippen molar-refractivity contribution in [2.45, 2.75) is 38.8 Å². The largest absolute Gasteiger partial charge is 0.393 e. The number of nitrogens with zero attached hydrogens (tertiary/aromatic N) is 3. The Balaban J connectivity index is 1.56. The highest BCUT2D eigenvalue weighted by Gasteiger charge is 2.27. The van der Waals surface area contributed by atoms with E-state index in [-0.39, 0.29) is 24.1 Å². The second-order valence-corrected chi connectivity index (χ2v) is 6.56. The number of aromatic nitrogens is 2. The van der Waals surface area contributed by atoms with Crippen molar-refractivity contribution in [3.05, 3.63) is 36.2 Å². The Bertz CT molecular complexity index is 693. The molecule has 2 N–H and O–H groups in total. The molecule has 2 aromatic rings. The molecule has 1 aromatic heterocycles. The minimum atomic E-state index is -0.344. The lowest BCUT2D eigenvalue weighted by Crippen LogP contribution is -2.46. The number of urea groups is 1. The second kappa shape index (κ2) is 7.65. The van der Waals surface area contributed by atoms with Gasteiger partial charge in [-0.25, -0.2) is 4.79 Å². The number of aliphatic hydroxyl groups is 1. The van der Waals surface area contributed by atoms with Gasteiger partial charge in [0.2, 0.25) is 0 Å². The van der Waals surface area contributed by atoms with Gasteiger partial charge in [0.1, 0.15) is 0 Å². The summed E-state index contributed by atoms with van der Waals surface area (Å²) in [6, 6.07) is 9.04. The summed E-state index contributed by atoms with van der Waals surface area (Å²) in [4.78, 5) is 18.5. The number of carbonyl (C=O) groups is 1. The molecule has 2 amide bonds. The van der Waals surface area contributed by atoms with E-state index < -0.39 is 0 Å². The first-order chi connectivity index (χ1) is 12.0. The molecule has 7 heteroatoms. The number of hydrogen-bond donors (Lipinski definition) is 2. The number of likely N-dealkylation sites (tertiary alicyclic amines) is 1. The van der Waals surface area contributed by atoms with Gasteiger partial charge in [0.25, 0.3) is 5.89 Å². The zero-order valence-electron chi connectivity index (χ0n) is 14.6. The third-order valence-corrected chi connectivity index (χ3v) is 4.70. The molecule has 0 spiro atoms. The predicted octanol–water partition coefficient (Wildman–Crippen LogP) is 2.60. The van der Waals surface area contributed by atoms with Gasteiger partial charge in [0.05, 0.1) is 12.1 Å². The highest BCUT2D eigenvalue weighted by Crippen LogP contribution is 2.22. The molecule has 1 aliphatic rings. The summed E-state index contributed by atoms with van der Waals surface area (Å²) in [5.74, 6) is 1.16. The van der Waals surface area contributed by atoms with E-state index in [1.807, 2.05) is 44.2 Å². The van der Waals surface area contributed by atoms with E-state index in [9.17, 15) is 9.90 Å². The smallest absolute Gasteiger partial charge is 0.317 e. The van der Waals surface area contributed by atoms with Crippen LogP contribution in [0.15, 0.2) is 34.9 Å². The second-order valence-electron chi connectivity index (χ2n) is 6.56. The Labute approximate surface area is 147 Å². The van der Waals surface area contributed by atoms with Crippen LogP contribution in [0.1, 0.15) is 38.6 Å². The van der Waals surface area contributed by atoms with Crippen molar-refractivity contribution in [3.8, 4) is 11.5 Å². The van der Waals surface area contributed by atoms with Crippen LogP contribution in [0, 0.1) is 5.92 Å². The molecule has 134 valence electrons. The predicted molar refractivity (Wildman–Crippen MR) is 92.7 cm³/mol. The van der Waals surface area contributed by atoms with Crippen LogP contribution in [0.5, 0.6) is 0 Å². The lowest BCUT2D eigenvalue weighted by Gasteiger charge is -2.33. The third-order valence-electron chi connectivity index (χ3n) is 4.70. The maximum absolute atomic E-state index is 12.4. The number of carbonyl (C=O) groups excluding carboxylic acids is 1. The molecule has 0 saturated carbocycles. The summed E-state index contributed by atoms with van der Waals surface area (Å²) in [6.45, 7) is 4.94. The summed E-state index contributed by atoms with van der Waals surface area (Å²) >= 11 is 0. The van der Waals surface area contributed by atoms with Gasteiger partial charge < -0.3 is 19.8 Å². The van der Waals surface area contributed by atoms with E-state index in [0.717, 1.165) is 18.4 Å². The zero-order chi connectivity index (χ0) is 17.8. The van der Waals surface area contributed by atoms with E-state index >= 15 is 0 Å². The van der Waals surface area contributed by atoms with Crippen LogP contribution < -0.4 is 5.32 Å². The SMILES string of the molecule is CC(NC(=O)N1CCC(C(C)O)CC1)c1noc(-c2ccccc2)n1. The molecular weight excluding hydrogens is 320 g/mol. The summed E-state index contributed by atoms with van der Waals surface area (Å²) < 4.78 is 5.29. The first kappa shape index (κ1) is 17.4. The fraction of sp³-hybridized carbons (Fsp3) is 0.500. The van der Waals surface area contributed by atoms with Crippen LogP contribution in [0.3, 0.4) is 0 Å². The highest BCUT2D eigenvalue weighted by molar-refractivity contribution is 5.74. The molecule has 2 atom stereocenters. The average molecular weight is 344 g/mol. The molecule has 2 unspecified atom stereocenters. The minimum absolute atomic E-state index is 0.136. The van der Waals surface area contributed by atoms with E-state index in [1.165, 1.54) is 0 Å². The standard InChI is InChI=1S/C18H24N4O3/c1-12(16-20-17(25-21-16)15-6-4-3-5-7-15)19-18(24)22-10-8-14(9-11-22)13(2)23/h3-7,12-14,23H,8-11H2,1-2H3,(H,19,24). The van der Waals surface area contributed by atoms with E-state index in [2.05, 4.69) is 15.5 Å². The fourth-order valence-electron chi connectivity index (χ4n) is 3.03. The number of amides is 2. The topological polar surface area (TPSA) is 91.5 Å². The number of aliphatic hydroxyl groups excluding tert-OH is 1. The Morgan fingerprint density at radius 2 is 1.96 bits per heavy atom. The van der Waals surface area contributed by atoms with Gasteiger partial charge in [-0.3, -0.25) is 0 Å². The lowest BCUT2D eigenvalue weighted by molar-refractivity contribution is 0.0793. The normalized spacial score (nSPS) is 18.0. The van der Waals surface area contributed by atoms with Crippen LogP contribution in [-0.4, -0.2) is 45.4 Å². The van der Waals surface area contributed by atoms with Crippen molar-refractivity contribution >= 4 is 6.03 Å². The Morgan fingerprint density at radius 3 is 2.60 bits per heavy atom.